The van der Waals surface area contributed by atoms with E-state index in [2.05, 4.69) is 12.2 Å². The molecule has 1 aliphatic rings. The molecule has 1 aromatic rings. The van der Waals surface area contributed by atoms with Crippen molar-refractivity contribution < 1.29 is 9.90 Å². The van der Waals surface area contributed by atoms with E-state index in [4.69, 9.17) is 0 Å². The van der Waals surface area contributed by atoms with Gasteiger partial charge in [-0.05, 0) is 36.3 Å². The van der Waals surface area contributed by atoms with Crippen molar-refractivity contribution in [2.45, 2.75) is 38.0 Å². The summed E-state index contributed by atoms with van der Waals surface area (Å²) >= 11 is 1.87. The van der Waals surface area contributed by atoms with Crippen LogP contribution in [0.15, 0.2) is 24.3 Å². The summed E-state index contributed by atoms with van der Waals surface area (Å²) in [4.78, 5) is 12.0. The van der Waals surface area contributed by atoms with Crippen LogP contribution in [0.4, 0.5) is 0 Å². The summed E-state index contributed by atoms with van der Waals surface area (Å²) in [6.45, 7) is 2.72. The molecule has 1 amide bonds. The standard InChI is InChI=1S/C16H23NO2S/c1-2-20-11-12-6-8-13(9-7-12)16(19)17-10-14-4-3-5-15(14)18/h6-9,14-15,18H,2-5,10-11H2,1H3,(H,17,19). The summed E-state index contributed by atoms with van der Waals surface area (Å²) in [5.74, 6) is 2.27. The predicted octanol–water partition coefficient (Wildman–Crippen LogP) is 2.83. The van der Waals surface area contributed by atoms with E-state index >= 15 is 0 Å². The Morgan fingerprint density at radius 3 is 2.70 bits per heavy atom. The zero-order chi connectivity index (χ0) is 14.4. The summed E-state index contributed by atoms with van der Waals surface area (Å²) in [7, 11) is 0. The normalized spacial score (nSPS) is 21.9. The molecular weight excluding hydrogens is 270 g/mol. The third kappa shape index (κ3) is 4.25. The maximum Gasteiger partial charge on any atom is 0.251 e. The van der Waals surface area contributed by atoms with Gasteiger partial charge in [-0.15, -0.1) is 0 Å². The smallest absolute Gasteiger partial charge is 0.251 e. The van der Waals surface area contributed by atoms with Gasteiger partial charge in [-0.3, -0.25) is 4.79 Å². The van der Waals surface area contributed by atoms with Gasteiger partial charge in [0.2, 0.25) is 0 Å². The van der Waals surface area contributed by atoms with Crippen LogP contribution in [0.25, 0.3) is 0 Å². The summed E-state index contributed by atoms with van der Waals surface area (Å²) in [6.07, 6.45) is 2.69. The maximum atomic E-state index is 12.0. The highest BCUT2D eigenvalue weighted by molar-refractivity contribution is 7.98. The molecule has 0 aliphatic heterocycles. The van der Waals surface area contributed by atoms with Crippen LogP contribution in [-0.2, 0) is 5.75 Å². The number of thioether (sulfide) groups is 1. The molecule has 2 atom stereocenters. The lowest BCUT2D eigenvalue weighted by Crippen LogP contribution is -2.32. The van der Waals surface area contributed by atoms with Crippen molar-refractivity contribution in [1.29, 1.82) is 0 Å². The Labute approximate surface area is 125 Å². The Morgan fingerprint density at radius 2 is 2.10 bits per heavy atom. The van der Waals surface area contributed by atoms with E-state index in [9.17, 15) is 9.90 Å². The van der Waals surface area contributed by atoms with Crippen molar-refractivity contribution in [1.82, 2.24) is 5.32 Å². The zero-order valence-electron chi connectivity index (χ0n) is 12.0. The third-order valence-corrected chi connectivity index (χ3v) is 4.78. The number of aliphatic hydroxyl groups excluding tert-OH is 1. The molecule has 1 fully saturated rings. The van der Waals surface area contributed by atoms with Crippen LogP contribution < -0.4 is 5.32 Å². The van der Waals surface area contributed by atoms with E-state index < -0.39 is 0 Å². The van der Waals surface area contributed by atoms with E-state index in [1.54, 1.807) is 0 Å². The van der Waals surface area contributed by atoms with E-state index in [1.165, 1.54) is 5.56 Å². The van der Waals surface area contributed by atoms with Gasteiger partial charge in [0.25, 0.3) is 5.91 Å². The quantitative estimate of drug-likeness (QED) is 0.848. The number of benzene rings is 1. The van der Waals surface area contributed by atoms with Crippen LogP contribution in [0.3, 0.4) is 0 Å². The molecule has 1 aromatic carbocycles. The SMILES string of the molecule is CCSCc1ccc(C(=O)NCC2CCCC2O)cc1. The molecule has 0 heterocycles. The molecule has 1 aliphatic carbocycles. The second-order valence-electron chi connectivity index (χ2n) is 5.30. The van der Waals surface area contributed by atoms with E-state index in [0.717, 1.165) is 30.8 Å². The molecule has 3 nitrogen and oxygen atoms in total. The second-order valence-corrected chi connectivity index (χ2v) is 6.58. The van der Waals surface area contributed by atoms with Crippen LogP contribution in [0.1, 0.15) is 42.1 Å². The van der Waals surface area contributed by atoms with Crippen LogP contribution in [0.2, 0.25) is 0 Å². The Kier molecular flexibility index (Phi) is 5.92. The largest absolute Gasteiger partial charge is 0.393 e. The number of rotatable bonds is 6. The fraction of sp³-hybridized carbons (Fsp3) is 0.562. The van der Waals surface area contributed by atoms with Crippen molar-refractivity contribution in [3.05, 3.63) is 35.4 Å². The molecule has 4 heteroatoms. The second kappa shape index (κ2) is 7.70. The Hall–Kier alpha value is -1.00. The van der Waals surface area contributed by atoms with E-state index in [1.807, 2.05) is 36.0 Å². The number of carbonyl (C=O) groups is 1. The molecule has 2 N–H and O–H groups in total. The summed E-state index contributed by atoms with van der Waals surface area (Å²) in [5, 5.41) is 12.7. The monoisotopic (exact) mass is 293 g/mol. The fourth-order valence-electron chi connectivity index (χ4n) is 2.55. The van der Waals surface area contributed by atoms with Crippen molar-refractivity contribution in [2.75, 3.05) is 12.3 Å². The third-order valence-electron chi connectivity index (χ3n) is 3.83. The minimum Gasteiger partial charge on any atom is -0.393 e. The van der Waals surface area contributed by atoms with Crippen molar-refractivity contribution in [3.8, 4) is 0 Å². The minimum absolute atomic E-state index is 0.0428. The van der Waals surface area contributed by atoms with E-state index in [0.29, 0.717) is 12.1 Å². The van der Waals surface area contributed by atoms with Gasteiger partial charge < -0.3 is 10.4 Å². The molecule has 0 aromatic heterocycles. The summed E-state index contributed by atoms with van der Waals surface area (Å²) < 4.78 is 0. The average molecular weight is 293 g/mol. The first-order chi connectivity index (χ1) is 9.70. The minimum atomic E-state index is -0.247. The first kappa shape index (κ1) is 15.4. The molecule has 1 saturated carbocycles. The van der Waals surface area contributed by atoms with Crippen LogP contribution in [0, 0.1) is 5.92 Å². The van der Waals surface area contributed by atoms with Crippen molar-refractivity contribution >= 4 is 17.7 Å². The summed E-state index contributed by atoms with van der Waals surface area (Å²) in [5.41, 5.74) is 1.95. The molecule has 0 spiro atoms. The van der Waals surface area contributed by atoms with Gasteiger partial charge in [-0.1, -0.05) is 25.5 Å². The molecule has 0 saturated heterocycles. The lowest BCUT2D eigenvalue weighted by Gasteiger charge is -2.15. The van der Waals surface area contributed by atoms with Crippen molar-refractivity contribution in [3.63, 3.8) is 0 Å². The van der Waals surface area contributed by atoms with Gasteiger partial charge in [0.05, 0.1) is 6.10 Å². The van der Waals surface area contributed by atoms with Gasteiger partial charge in [-0.25, -0.2) is 0 Å². The topological polar surface area (TPSA) is 49.3 Å². The van der Waals surface area contributed by atoms with Crippen LogP contribution in [0.5, 0.6) is 0 Å². The number of hydrogen-bond acceptors (Lipinski definition) is 3. The first-order valence-corrected chi connectivity index (χ1v) is 8.49. The van der Waals surface area contributed by atoms with Gasteiger partial charge in [0.15, 0.2) is 0 Å². The molecule has 2 unspecified atom stereocenters. The molecule has 20 heavy (non-hydrogen) atoms. The number of aliphatic hydroxyl groups is 1. The number of nitrogens with one attached hydrogen (secondary N) is 1. The lowest BCUT2D eigenvalue weighted by atomic mass is 10.1. The average Bonchev–Trinajstić information content (AvgIpc) is 2.88. The lowest BCUT2D eigenvalue weighted by molar-refractivity contribution is 0.0917. The molecule has 0 bridgehead atoms. The van der Waals surface area contributed by atoms with Gasteiger partial charge in [0.1, 0.15) is 0 Å². The zero-order valence-corrected chi connectivity index (χ0v) is 12.8. The van der Waals surface area contributed by atoms with Gasteiger partial charge >= 0.3 is 0 Å². The van der Waals surface area contributed by atoms with Crippen LogP contribution in [-0.4, -0.2) is 29.4 Å². The van der Waals surface area contributed by atoms with Crippen LogP contribution >= 0.6 is 11.8 Å². The van der Waals surface area contributed by atoms with Gasteiger partial charge in [0, 0.05) is 23.8 Å². The summed E-state index contributed by atoms with van der Waals surface area (Å²) in [6, 6.07) is 7.79. The maximum absolute atomic E-state index is 12.0. The molecule has 0 radical (unpaired) electrons. The van der Waals surface area contributed by atoms with E-state index in [-0.39, 0.29) is 17.9 Å². The first-order valence-electron chi connectivity index (χ1n) is 7.33. The molecule has 110 valence electrons. The fourth-order valence-corrected chi connectivity index (χ4v) is 3.19. The Morgan fingerprint density at radius 1 is 1.35 bits per heavy atom. The Balaban J connectivity index is 1.82. The molecule has 2 rings (SSSR count). The number of amides is 1. The predicted molar refractivity (Wildman–Crippen MR) is 84.0 cm³/mol. The van der Waals surface area contributed by atoms with Gasteiger partial charge in [-0.2, -0.15) is 11.8 Å². The number of carbonyl (C=O) groups excluding carboxylic acids is 1. The van der Waals surface area contributed by atoms with Crippen molar-refractivity contribution in [2.24, 2.45) is 5.92 Å². The Bertz CT molecular complexity index is 433. The highest BCUT2D eigenvalue weighted by Gasteiger charge is 2.25. The molecular formula is C16H23NO2S. The highest BCUT2D eigenvalue weighted by atomic mass is 32.2. The highest BCUT2D eigenvalue weighted by Crippen LogP contribution is 2.24. The number of hydrogen-bond donors (Lipinski definition) is 2.